The first-order chi connectivity index (χ1) is 8.56. The quantitative estimate of drug-likeness (QED) is 0.611. The molecular weight excluding hydrogens is 237 g/mol. The summed E-state index contributed by atoms with van der Waals surface area (Å²) in [5.41, 5.74) is 0.771. The maximum atomic E-state index is 13.1. The normalized spacial score (nSPS) is 10.1. The zero-order valence-corrected chi connectivity index (χ0v) is 9.59. The van der Waals surface area contributed by atoms with Crippen LogP contribution >= 0.6 is 0 Å². The molecule has 0 saturated carbocycles. The van der Waals surface area contributed by atoms with E-state index in [4.69, 9.17) is 4.74 Å². The van der Waals surface area contributed by atoms with Gasteiger partial charge in [-0.1, -0.05) is 6.07 Å². The second-order valence-corrected chi connectivity index (χ2v) is 3.76. The molecule has 18 heavy (non-hydrogen) atoms. The van der Waals surface area contributed by atoms with Gasteiger partial charge in [-0.25, -0.2) is 4.39 Å². The minimum Gasteiger partial charge on any atom is -0.457 e. The molecule has 0 heterocycles. The number of benzene rings is 2. The SMILES string of the molecule is Cc1ccc(F)cc1Oc1ccc([N+](=O)[O-])cc1. The van der Waals surface area contributed by atoms with E-state index >= 15 is 0 Å². The summed E-state index contributed by atoms with van der Waals surface area (Å²) in [6, 6.07) is 9.85. The molecule has 92 valence electrons. The molecular formula is C13H10FNO3. The number of non-ortho nitro benzene ring substituents is 1. The first kappa shape index (κ1) is 12.0. The summed E-state index contributed by atoms with van der Waals surface area (Å²) in [5.74, 6) is 0.427. The minimum atomic E-state index is -0.489. The number of nitrogens with zero attached hydrogens (tertiary/aromatic N) is 1. The predicted molar refractivity (Wildman–Crippen MR) is 64.3 cm³/mol. The van der Waals surface area contributed by atoms with E-state index in [1.54, 1.807) is 13.0 Å². The first-order valence-electron chi connectivity index (χ1n) is 5.25. The number of rotatable bonds is 3. The Bertz CT molecular complexity index is 581. The van der Waals surface area contributed by atoms with Crippen molar-refractivity contribution in [2.45, 2.75) is 6.92 Å². The number of nitro groups is 1. The highest BCUT2D eigenvalue weighted by Gasteiger charge is 2.07. The Kier molecular flexibility index (Phi) is 3.23. The zero-order chi connectivity index (χ0) is 13.1. The molecule has 0 saturated heterocycles. The van der Waals surface area contributed by atoms with Crippen LogP contribution in [0.2, 0.25) is 0 Å². The van der Waals surface area contributed by atoms with Crippen LogP contribution in [0.4, 0.5) is 10.1 Å². The van der Waals surface area contributed by atoms with E-state index in [1.807, 2.05) is 0 Å². The Hall–Kier alpha value is -2.43. The van der Waals surface area contributed by atoms with Gasteiger partial charge in [0.25, 0.3) is 5.69 Å². The van der Waals surface area contributed by atoms with E-state index in [0.717, 1.165) is 5.56 Å². The van der Waals surface area contributed by atoms with Gasteiger partial charge >= 0.3 is 0 Å². The summed E-state index contributed by atoms with van der Waals surface area (Å²) in [4.78, 5) is 10.00. The molecule has 0 atom stereocenters. The van der Waals surface area contributed by atoms with E-state index in [-0.39, 0.29) is 5.69 Å². The lowest BCUT2D eigenvalue weighted by atomic mass is 10.2. The van der Waals surface area contributed by atoms with Crippen molar-refractivity contribution in [2.75, 3.05) is 0 Å². The molecule has 2 aromatic rings. The van der Waals surface area contributed by atoms with Crippen LogP contribution in [0.5, 0.6) is 11.5 Å². The van der Waals surface area contributed by atoms with Crippen molar-refractivity contribution in [3.05, 3.63) is 64.0 Å². The van der Waals surface area contributed by atoms with Crippen LogP contribution in [-0.2, 0) is 0 Å². The molecule has 0 unspecified atom stereocenters. The largest absolute Gasteiger partial charge is 0.457 e. The zero-order valence-electron chi connectivity index (χ0n) is 9.59. The Morgan fingerprint density at radius 3 is 2.44 bits per heavy atom. The van der Waals surface area contributed by atoms with Gasteiger partial charge in [0.05, 0.1) is 4.92 Å². The summed E-state index contributed by atoms with van der Waals surface area (Å²) >= 11 is 0. The predicted octanol–water partition coefficient (Wildman–Crippen LogP) is 3.83. The Balaban J connectivity index is 2.23. The van der Waals surface area contributed by atoms with Crippen molar-refractivity contribution in [3.8, 4) is 11.5 Å². The van der Waals surface area contributed by atoms with Crippen molar-refractivity contribution < 1.29 is 14.1 Å². The van der Waals surface area contributed by atoms with Crippen LogP contribution in [0.3, 0.4) is 0 Å². The number of halogens is 1. The molecule has 0 fully saturated rings. The average molecular weight is 247 g/mol. The maximum Gasteiger partial charge on any atom is 0.269 e. The van der Waals surface area contributed by atoms with Gasteiger partial charge in [0, 0.05) is 18.2 Å². The molecule has 5 heteroatoms. The molecule has 0 N–H and O–H groups in total. The molecule has 0 aromatic heterocycles. The lowest BCUT2D eigenvalue weighted by Gasteiger charge is -2.08. The third kappa shape index (κ3) is 2.63. The maximum absolute atomic E-state index is 13.1. The monoisotopic (exact) mass is 247 g/mol. The van der Waals surface area contributed by atoms with Gasteiger partial charge in [-0.2, -0.15) is 0 Å². The molecule has 0 spiro atoms. The van der Waals surface area contributed by atoms with Gasteiger partial charge in [-0.3, -0.25) is 10.1 Å². The number of aryl methyl sites for hydroxylation is 1. The van der Waals surface area contributed by atoms with E-state index in [2.05, 4.69) is 0 Å². The first-order valence-corrected chi connectivity index (χ1v) is 5.25. The van der Waals surface area contributed by atoms with Crippen LogP contribution in [0, 0.1) is 22.9 Å². The van der Waals surface area contributed by atoms with Crippen molar-refractivity contribution in [3.63, 3.8) is 0 Å². The summed E-state index contributed by atoms with van der Waals surface area (Å²) in [5, 5.41) is 10.5. The minimum absolute atomic E-state index is 0.0154. The number of hydrogen-bond acceptors (Lipinski definition) is 3. The molecule has 0 aliphatic rings. The summed E-state index contributed by atoms with van der Waals surface area (Å²) in [6.45, 7) is 1.79. The molecule has 0 bridgehead atoms. The third-order valence-electron chi connectivity index (χ3n) is 2.43. The van der Waals surface area contributed by atoms with Crippen molar-refractivity contribution in [2.24, 2.45) is 0 Å². The van der Waals surface area contributed by atoms with Crippen LogP contribution < -0.4 is 4.74 Å². The fraction of sp³-hybridized carbons (Fsp3) is 0.0769. The van der Waals surface area contributed by atoms with E-state index < -0.39 is 10.7 Å². The van der Waals surface area contributed by atoms with E-state index in [0.29, 0.717) is 11.5 Å². The topological polar surface area (TPSA) is 52.4 Å². The number of nitro benzene ring substituents is 1. The second kappa shape index (κ2) is 4.83. The van der Waals surface area contributed by atoms with Crippen molar-refractivity contribution >= 4 is 5.69 Å². The third-order valence-corrected chi connectivity index (χ3v) is 2.43. The highest BCUT2D eigenvalue weighted by atomic mass is 19.1. The van der Waals surface area contributed by atoms with Gasteiger partial charge in [0.15, 0.2) is 0 Å². The van der Waals surface area contributed by atoms with Crippen molar-refractivity contribution in [1.29, 1.82) is 0 Å². The fourth-order valence-corrected chi connectivity index (χ4v) is 1.45. The second-order valence-electron chi connectivity index (χ2n) is 3.76. The average Bonchev–Trinajstić information content (AvgIpc) is 2.34. The van der Waals surface area contributed by atoms with Crippen LogP contribution in [0.15, 0.2) is 42.5 Å². The van der Waals surface area contributed by atoms with Crippen LogP contribution in [0.25, 0.3) is 0 Å². The molecule has 0 aliphatic carbocycles. The van der Waals surface area contributed by atoms with Gasteiger partial charge in [-0.15, -0.1) is 0 Å². The Morgan fingerprint density at radius 2 is 1.83 bits per heavy atom. The fourth-order valence-electron chi connectivity index (χ4n) is 1.45. The number of hydrogen-bond donors (Lipinski definition) is 0. The smallest absolute Gasteiger partial charge is 0.269 e. The Morgan fingerprint density at radius 1 is 1.17 bits per heavy atom. The highest BCUT2D eigenvalue weighted by molar-refractivity contribution is 5.41. The molecule has 0 radical (unpaired) electrons. The standard InChI is InChI=1S/C13H10FNO3/c1-9-2-3-10(14)8-13(9)18-12-6-4-11(5-7-12)15(16)17/h2-8H,1H3. The van der Waals surface area contributed by atoms with Gasteiger partial charge in [0.2, 0.25) is 0 Å². The molecule has 0 amide bonds. The lowest BCUT2D eigenvalue weighted by Crippen LogP contribution is -1.90. The lowest BCUT2D eigenvalue weighted by molar-refractivity contribution is -0.384. The van der Waals surface area contributed by atoms with Gasteiger partial charge in [0.1, 0.15) is 17.3 Å². The summed E-state index contributed by atoms with van der Waals surface area (Å²) < 4.78 is 18.5. The highest BCUT2D eigenvalue weighted by Crippen LogP contribution is 2.27. The molecule has 2 aromatic carbocycles. The van der Waals surface area contributed by atoms with Crippen LogP contribution in [0.1, 0.15) is 5.56 Å². The van der Waals surface area contributed by atoms with Crippen LogP contribution in [-0.4, -0.2) is 4.92 Å². The number of ether oxygens (including phenoxy) is 1. The van der Waals surface area contributed by atoms with E-state index in [1.165, 1.54) is 36.4 Å². The van der Waals surface area contributed by atoms with E-state index in [9.17, 15) is 14.5 Å². The van der Waals surface area contributed by atoms with Gasteiger partial charge < -0.3 is 4.74 Å². The van der Waals surface area contributed by atoms with Crippen molar-refractivity contribution in [1.82, 2.24) is 0 Å². The van der Waals surface area contributed by atoms with Gasteiger partial charge in [-0.05, 0) is 30.7 Å². The summed E-state index contributed by atoms with van der Waals surface area (Å²) in [7, 11) is 0. The molecule has 2 rings (SSSR count). The Labute approximate surface area is 103 Å². The molecule has 0 aliphatic heterocycles. The summed E-state index contributed by atoms with van der Waals surface area (Å²) in [6.07, 6.45) is 0. The molecule has 4 nitrogen and oxygen atoms in total.